The van der Waals surface area contributed by atoms with E-state index in [0.717, 1.165) is 6.42 Å². The summed E-state index contributed by atoms with van der Waals surface area (Å²) in [7, 11) is 4.55. The van der Waals surface area contributed by atoms with Gasteiger partial charge in [0.25, 0.3) is 11.8 Å². The first-order valence-electron chi connectivity index (χ1n) is 8.07. The van der Waals surface area contributed by atoms with Crippen molar-refractivity contribution in [2.75, 3.05) is 21.2 Å². The topological polar surface area (TPSA) is 59.1 Å². The summed E-state index contributed by atoms with van der Waals surface area (Å²) in [6.07, 6.45) is 2.25. The van der Waals surface area contributed by atoms with Gasteiger partial charge in [0.2, 0.25) is 0 Å². The Kier molecular flexibility index (Phi) is 6.26. The molecule has 0 bridgehead atoms. The number of nitrogens with zero attached hydrogens (tertiary/aromatic N) is 2. The Labute approximate surface area is 163 Å². The van der Waals surface area contributed by atoms with Crippen molar-refractivity contribution in [2.45, 2.75) is 26.4 Å². The molecular formula is C18H21ClN2O4S. The Hall–Kier alpha value is -2.12. The van der Waals surface area contributed by atoms with Crippen molar-refractivity contribution >= 4 is 46.8 Å². The molecule has 0 saturated carbocycles. The van der Waals surface area contributed by atoms with Crippen LogP contribution < -0.4 is 9.47 Å². The summed E-state index contributed by atoms with van der Waals surface area (Å²) in [5.41, 5.74) is 0.548. The number of methoxy groups -OCH3 is 1. The van der Waals surface area contributed by atoms with E-state index in [-0.39, 0.29) is 16.8 Å². The maximum atomic E-state index is 12.4. The number of rotatable bonds is 5. The fourth-order valence-electron chi connectivity index (χ4n) is 2.36. The monoisotopic (exact) mass is 396 g/mol. The zero-order valence-electron chi connectivity index (χ0n) is 15.3. The van der Waals surface area contributed by atoms with Gasteiger partial charge in [-0.1, -0.05) is 18.5 Å². The number of hydrogen-bond donors (Lipinski definition) is 0. The summed E-state index contributed by atoms with van der Waals surface area (Å²) < 4.78 is 11.2. The first-order valence-corrected chi connectivity index (χ1v) is 8.85. The zero-order chi connectivity index (χ0) is 19.6. The van der Waals surface area contributed by atoms with Crippen LogP contribution >= 0.6 is 23.8 Å². The van der Waals surface area contributed by atoms with E-state index in [0.29, 0.717) is 22.1 Å². The number of carbonyl (C=O) groups excluding carboxylic acids is 2. The highest BCUT2D eigenvalue weighted by Gasteiger charge is 2.35. The van der Waals surface area contributed by atoms with Gasteiger partial charge in [0.15, 0.2) is 16.6 Å². The SMILES string of the molecule is CC[C@H](C)Oc1c(Cl)cc(C=C2C(=O)N(C)C(=S)N(C)C2=O)cc1OC. The summed E-state index contributed by atoms with van der Waals surface area (Å²) in [4.78, 5) is 27.3. The molecule has 1 aromatic rings. The molecule has 0 N–H and O–H groups in total. The number of benzene rings is 1. The summed E-state index contributed by atoms with van der Waals surface area (Å²) >= 11 is 11.4. The number of halogens is 1. The third-order valence-corrected chi connectivity index (χ3v) is 4.93. The summed E-state index contributed by atoms with van der Waals surface area (Å²) in [6, 6.07) is 3.30. The van der Waals surface area contributed by atoms with Crippen LogP contribution in [-0.2, 0) is 9.59 Å². The lowest BCUT2D eigenvalue weighted by atomic mass is 10.1. The molecule has 0 unspecified atom stereocenters. The number of hydrogen-bond acceptors (Lipinski definition) is 5. The van der Waals surface area contributed by atoms with Gasteiger partial charge >= 0.3 is 0 Å². The number of carbonyl (C=O) groups is 2. The lowest BCUT2D eigenvalue weighted by Gasteiger charge is -2.31. The number of likely N-dealkylation sites (N-methyl/N-ethyl adjacent to an activating group) is 2. The number of amides is 2. The highest BCUT2D eigenvalue weighted by molar-refractivity contribution is 7.80. The molecule has 1 aliphatic heterocycles. The van der Waals surface area contributed by atoms with Crippen LogP contribution in [0.15, 0.2) is 17.7 Å². The Morgan fingerprint density at radius 3 is 2.31 bits per heavy atom. The standard InChI is InChI=1S/C18H21ClN2O4S/c1-6-10(2)25-15-13(19)8-11(9-14(15)24-5)7-12-16(22)20(3)18(26)21(4)17(12)23/h7-10H,6H2,1-5H3/t10-/m0/s1. The van der Waals surface area contributed by atoms with Crippen molar-refractivity contribution in [1.29, 1.82) is 0 Å². The van der Waals surface area contributed by atoms with Gasteiger partial charge in [-0.25, -0.2) is 0 Å². The molecule has 26 heavy (non-hydrogen) atoms. The van der Waals surface area contributed by atoms with Gasteiger partial charge in [0, 0.05) is 14.1 Å². The molecular weight excluding hydrogens is 376 g/mol. The quantitative estimate of drug-likeness (QED) is 0.435. The third-order valence-electron chi connectivity index (χ3n) is 4.10. The van der Waals surface area contributed by atoms with Crippen LogP contribution in [0, 0.1) is 0 Å². The minimum Gasteiger partial charge on any atom is -0.493 e. The number of ether oxygens (including phenoxy) is 2. The van der Waals surface area contributed by atoms with E-state index in [2.05, 4.69) is 0 Å². The van der Waals surface area contributed by atoms with Crippen LogP contribution in [0.2, 0.25) is 5.02 Å². The predicted octanol–water partition coefficient (Wildman–Crippen LogP) is 3.12. The minimum atomic E-state index is -0.465. The summed E-state index contributed by atoms with van der Waals surface area (Å²) in [5, 5.41) is 0.495. The Morgan fingerprint density at radius 1 is 1.23 bits per heavy atom. The summed E-state index contributed by atoms with van der Waals surface area (Å²) in [6.45, 7) is 3.93. The van der Waals surface area contributed by atoms with E-state index < -0.39 is 11.8 Å². The first-order chi connectivity index (χ1) is 12.2. The van der Waals surface area contributed by atoms with Crippen LogP contribution in [0.5, 0.6) is 11.5 Å². The smallest absolute Gasteiger partial charge is 0.265 e. The van der Waals surface area contributed by atoms with E-state index in [1.54, 1.807) is 12.1 Å². The van der Waals surface area contributed by atoms with Crippen molar-refractivity contribution < 1.29 is 19.1 Å². The van der Waals surface area contributed by atoms with E-state index >= 15 is 0 Å². The number of thiocarbonyl (C=S) groups is 1. The molecule has 1 atom stereocenters. The van der Waals surface area contributed by atoms with Crippen LogP contribution in [0.4, 0.5) is 0 Å². The molecule has 8 heteroatoms. The molecule has 1 saturated heterocycles. The van der Waals surface area contributed by atoms with Crippen molar-refractivity contribution in [3.8, 4) is 11.5 Å². The second kappa shape index (κ2) is 8.05. The van der Waals surface area contributed by atoms with Crippen LogP contribution in [0.3, 0.4) is 0 Å². The molecule has 2 rings (SSSR count). The van der Waals surface area contributed by atoms with Gasteiger partial charge in [-0.05, 0) is 49.3 Å². The van der Waals surface area contributed by atoms with E-state index in [4.69, 9.17) is 33.3 Å². The highest BCUT2D eigenvalue weighted by Crippen LogP contribution is 2.38. The Bertz CT molecular complexity index is 768. The molecule has 6 nitrogen and oxygen atoms in total. The van der Waals surface area contributed by atoms with Crippen molar-refractivity contribution in [1.82, 2.24) is 9.80 Å². The second-order valence-corrected chi connectivity index (χ2v) is 6.71. The van der Waals surface area contributed by atoms with Gasteiger partial charge < -0.3 is 9.47 Å². The molecule has 0 spiro atoms. The average Bonchev–Trinajstić information content (AvgIpc) is 2.63. The van der Waals surface area contributed by atoms with E-state index in [1.165, 1.54) is 37.1 Å². The maximum Gasteiger partial charge on any atom is 0.265 e. The third kappa shape index (κ3) is 3.83. The van der Waals surface area contributed by atoms with Crippen LogP contribution in [-0.4, -0.2) is 54.0 Å². The second-order valence-electron chi connectivity index (χ2n) is 5.94. The Balaban J connectivity index is 2.47. The average molecular weight is 397 g/mol. The van der Waals surface area contributed by atoms with Gasteiger partial charge in [-0.15, -0.1) is 0 Å². The van der Waals surface area contributed by atoms with Crippen molar-refractivity contribution in [2.24, 2.45) is 0 Å². The minimum absolute atomic E-state index is 0.00249. The van der Waals surface area contributed by atoms with Crippen LogP contribution in [0.25, 0.3) is 6.08 Å². The fourth-order valence-corrected chi connectivity index (χ4v) is 2.79. The molecule has 1 heterocycles. The van der Waals surface area contributed by atoms with Gasteiger partial charge in [0.05, 0.1) is 18.2 Å². The molecule has 2 amide bonds. The van der Waals surface area contributed by atoms with Crippen LogP contribution in [0.1, 0.15) is 25.8 Å². The van der Waals surface area contributed by atoms with E-state index in [9.17, 15) is 9.59 Å². The molecule has 0 radical (unpaired) electrons. The lowest BCUT2D eigenvalue weighted by molar-refractivity contribution is -0.132. The normalized spacial score (nSPS) is 16.1. The van der Waals surface area contributed by atoms with Gasteiger partial charge in [-0.3, -0.25) is 19.4 Å². The molecule has 0 aromatic heterocycles. The molecule has 0 aliphatic carbocycles. The first kappa shape index (κ1) is 20.2. The zero-order valence-corrected chi connectivity index (χ0v) is 16.9. The predicted molar refractivity (Wildman–Crippen MR) is 105 cm³/mol. The van der Waals surface area contributed by atoms with E-state index in [1.807, 2.05) is 13.8 Å². The van der Waals surface area contributed by atoms with Gasteiger partial charge in [-0.2, -0.15) is 0 Å². The van der Waals surface area contributed by atoms with Crippen molar-refractivity contribution in [3.05, 3.63) is 28.3 Å². The maximum absolute atomic E-state index is 12.4. The molecule has 140 valence electrons. The Morgan fingerprint density at radius 2 is 1.81 bits per heavy atom. The highest BCUT2D eigenvalue weighted by atomic mass is 35.5. The summed E-state index contributed by atoms with van der Waals surface area (Å²) in [5.74, 6) is -0.0683. The molecule has 1 aliphatic rings. The van der Waals surface area contributed by atoms with Gasteiger partial charge in [0.1, 0.15) is 5.57 Å². The molecule has 1 fully saturated rings. The molecule has 1 aromatic carbocycles. The lowest BCUT2D eigenvalue weighted by Crippen LogP contribution is -2.52. The fraction of sp³-hybridized carbons (Fsp3) is 0.389. The van der Waals surface area contributed by atoms with Crippen molar-refractivity contribution in [3.63, 3.8) is 0 Å². The largest absolute Gasteiger partial charge is 0.493 e.